The van der Waals surface area contributed by atoms with Crippen molar-refractivity contribution < 1.29 is 14.3 Å². The SMILES string of the molecule is Cc1cccc(CN2CC[C@@]3(CCCN(C(=O)C4CCOCC4)C3)C2=O)n1. The molecule has 146 valence electrons. The summed E-state index contributed by atoms with van der Waals surface area (Å²) in [7, 11) is 0. The van der Waals surface area contributed by atoms with Crippen molar-refractivity contribution in [2.75, 3.05) is 32.8 Å². The number of pyridine rings is 1. The molecule has 6 heteroatoms. The normalized spacial score (nSPS) is 26.8. The second-order valence-corrected chi connectivity index (χ2v) is 8.28. The van der Waals surface area contributed by atoms with E-state index in [2.05, 4.69) is 4.98 Å². The number of hydrogen-bond acceptors (Lipinski definition) is 4. The molecule has 4 rings (SSSR count). The molecule has 3 fully saturated rings. The molecule has 0 unspecified atom stereocenters. The summed E-state index contributed by atoms with van der Waals surface area (Å²) in [5.41, 5.74) is 1.52. The van der Waals surface area contributed by atoms with E-state index in [1.54, 1.807) is 0 Å². The molecule has 1 spiro atoms. The monoisotopic (exact) mass is 371 g/mol. The molecule has 0 saturated carbocycles. The summed E-state index contributed by atoms with van der Waals surface area (Å²) in [5.74, 6) is 0.497. The zero-order valence-corrected chi connectivity index (χ0v) is 16.2. The van der Waals surface area contributed by atoms with E-state index in [1.165, 1.54) is 0 Å². The Hall–Kier alpha value is -1.95. The van der Waals surface area contributed by atoms with Crippen molar-refractivity contribution in [2.24, 2.45) is 11.3 Å². The number of nitrogens with zero attached hydrogens (tertiary/aromatic N) is 3. The highest BCUT2D eigenvalue weighted by Gasteiger charge is 2.50. The second kappa shape index (κ2) is 7.58. The predicted octanol–water partition coefficient (Wildman–Crippen LogP) is 2.16. The molecule has 0 bridgehead atoms. The van der Waals surface area contributed by atoms with Gasteiger partial charge in [-0.15, -0.1) is 0 Å². The van der Waals surface area contributed by atoms with Gasteiger partial charge in [0.05, 0.1) is 17.7 Å². The molecule has 4 heterocycles. The van der Waals surface area contributed by atoms with Crippen molar-refractivity contribution in [3.8, 4) is 0 Å². The highest BCUT2D eigenvalue weighted by Crippen LogP contribution is 2.41. The van der Waals surface area contributed by atoms with Crippen molar-refractivity contribution >= 4 is 11.8 Å². The number of carbonyl (C=O) groups excluding carboxylic acids is 2. The minimum absolute atomic E-state index is 0.0676. The Balaban J connectivity index is 1.43. The van der Waals surface area contributed by atoms with E-state index in [-0.39, 0.29) is 23.1 Å². The van der Waals surface area contributed by atoms with E-state index in [4.69, 9.17) is 4.74 Å². The summed E-state index contributed by atoms with van der Waals surface area (Å²) in [4.78, 5) is 34.6. The smallest absolute Gasteiger partial charge is 0.231 e. The van der Waals surface area contributed by atoms with Gasteiger partial charge < -0.3 is 14.5 Å². The number of piperidine rings is 1. The summed E-state index contributed by atoms with van der Waals surface area (Å²) >= 11 is 0. The van der Waals surface area contributed by atoms with Crippen molar-refractivity contribution in [3.63, 3.8) is 0 Å². The van der Waals surface area contributed by atoms with Gasteiger partial charge in [-0.2, -0.15) is 0 Å². The van der Waals surface area contributed by atoms with Crippen LogP contribution in [0.4, 0.5) is 0 Å². The fourth-order valence-electron chi connectivity index (χ4n) is 4.83. The molecule has 2 amide bonds. The number of hydrogen-bond donors (Lipinski definition) is 0. The molecule has 6 nitrogen and oxygen atoms in total. The Bertz CT molecular complexity index is 716. The average molecular weight is 371 g/mol. The van der Waals surface area contributed by atoms with E-state index in [0.717, 1.165) is 56.6 Å². The minimum atomic E-state index is -0.386. The van der Waals surface area contributed by atoms with Crippen LogP contribution in [0, 0.1) is 18.3 Å². The lowest BCUT2D eigenvalue weighted by Gasteiger charge is -2.40. The van der Waals surface area contributed by atoms with Gasteiger partial charge in [-0.1, -0.05) is 6.07 Å². The van der Waals surface area contributed by atoms with Gasteiger partial charge >= 0.3 is 0 Å². The van der Waals surface area contributed by atoms with Gasteiger partial charge in [0, 0.05) is 44.5 Å². The van der Waals surface area contributed by atoms with E-state index in [0.29, 0.717) is 26.3 Å². The molecule has 1 aromatic heterocycles. The third-order valence-electron chi connectivity index (χ3n) is 6.36. The maximum atomic E-state index is 13.3. The number of rotatable bonds is 3. The third kappa shape index (κ3) is 3.72. The highest BCUT2D eigenvalue weighted by atomic mass is 16.5. The van der Waals surface area contributed by atoms with E-state index in [9.17, 15) is 9.59 Å². The molecule has 0 aliphatic carbocycles. The first-order valence-electron chi connectivity index (χ1n) is 10.2. The van der Waals surface area contributed by atoms with Crippen molar-refractivity contribution in [3.05, 3.63) is 29.6 Å². The number of amides is 2. The van der Waals surface area contributed by atoms with Gasteiger partial charge in [-0.05, 0) is 51.2 Å². The molecule has 0 radical (unpaired) electrons. The van der Waals surface area contributed by atoms with Crippen LogP contribution in [0.3, 0.4) is 0 Å². The van der Waals surface area contributed by atoms with Crippen LogP contribution >= 0.6 is 0 Å². The lowest BCUT2D eigenvalue weighted by Crippen LogP contribution is -2.51. The van der Waals surface area contributed by atoms with Gasteiger partial charge in [0.25, 0.3) is 0 Å². The van der Waals surface area contributed by atoms with Crippen LogP contribution in [0.25, 0.3) is 0 Å². The zero-order valence-electron chi connectivity index (χ0n) is 16.2. The Morgan fingerprint density at radius 1 is 1.26 bits per heavy atom. The molecular weight excluding hydrogens is 342 g/mol. The third-order valence-corrected chi connectivity index (χ3v) is 6.36. The topological polar surface area (TPSA) is 62.7 Å². The molecule has 1 atom stereocenters. The Morgan fingerprint density at radius 3 is 2.85 bits per heavy atom. The van der Waals surface area contributed by atoms with Crippen molar-refractivity contribution in [1.29, 1.82) is 0 Å². The van der Waals surface area contributed by atoms with Crippen LogP contribution in [0.1, 0.15) is 43.5 Å². The molecule has 0 N–H and O–H groups in total. The largest absolute Gasteiger partial charge is 0.381 e. The zero-order chi connectivity index (χ0) is 18.9. The Morgan fingerprint density at radius 2 is 2.07 bits per heavy atom. The fraction of sp³-hybridized carbons (Fsp3) is 0.667. The van der Waals surface area contributed by atoms with Gasteiger partial charge in [-0.3, -0.25) is 14.6 Å². The minimum Gasteiger partial charge on any atom is -0.381 e. The van der Waals surface area contributed by atoms with E-state index >= 15 is 0 Å². The predicted molar refractivity (Wildman–Crippen MR) is 101 cm³/mol. The van der Waals surface area contributed by atoms with Gasteiger partial charge in [0.15, 0.2) is 0 Å². The number of aryl methyl sites for hydroxylation is 1. The number of likely N-dealkylation sites (tertiary alicyclic amines) is 2. The lowest BCUT2D eigenvalue weighted by atomic mass is 9.78. The fourth-order valence-corrected chi connectivity index (χ4v) is 4.83. The van der Waals surface area contributed by atoms with Crippen LogP contribution < -0.4 is 0 Å². The Labute approximate surface area is 160 Å². The van der Waals surface area contributed by atoms with Crippen LogP contribution in [0.15, 0.2) is 18.2 Å². The van der Waals surface area contributed by atoms with Crippen molar-refractivity contribution in [1.82, 2.24) is 14.8 Å². The first-order valence-corrected chi connectivity index (χ1v) is 10.2. The first-order chi connectivity index (χ1) is 13.1. The van der Waals surface area contributed by atoms with Crippen LogP contribution in [0.5, 0.6) is 0 Å². The highest BCUT2D eigenvalue weighted by molar-refractivity contribution is 5.87. The molecule has 3 saturated heterocycles. The van der Waals surface area contributed by atoms with Gasteiger partial charge in [0.1, 0.15) is 0 Å². The van der Waals surface area contributed by atoms with Crippen molar-refractivity contribution in [2.45, 2.75) is 45.6 Å². The molecule has 0 aromatic carbocycles. The van der Waals surface area contributed by atoms with Crippen LogP contribution in [0.2, 0.25) is 0 Å². The average Bonchev–Trinajstić information content (AvgIpc) is 2.97. The van der Waals surface area contributed by atoms with E-state index in [1.807, 2.05) is 34.9 Å². The summed E-state index contributed by atoms with van der Waals surface area (Å²) < 4.78 is 5.39. The summed E-state index contributed by atoms with van der Waals surface area (Å²) in [6.07, 6.45) is 4.26. The number of ether oxygens (including phenoxy) is 1. The quantitative estimate of drug-likeness (QED) is 0.817. The molecule has 3 aliphatic rings. The summed E-state index contributed by atoms with van der Waals surface area (Å²) in [5, 5.41) is 0. The molecule has 3 aliphatic heterocycles. The second-order valence-electron chi connectivity index (χ2n) is 8.28. The molecule has 27 heavy (non-hydrogen) atoms. The molecular formula is C21H29N3O3. The van der Waals surface area contributed by atoms with E-state index < -0.39 is 0 Å². The Kier molecular flexibility index (Phi) is 5.17. The van der Waals surface area contributed by atoms with Crippen LogP contribution in [-0.2, 0) is 20.9 Å². The lowest BCUT2D eigenvalue weighted by molar-refractivity contribution is -0.147. The van der Waals surface area contributed by atoms with Crippen LogP contribution in [-0.4, -0.2) is 59.4 Å². The van der Waals surface area contributed by atoms with Gasteiger partial charge in [0.2, 0.25) is 11.8 Å². The molecule has 1 aromatic rings. The number of aromatic nitrogens is 1. The summed E-state index contributed by atoms with van der Waals surface area (Å²) in [6.45, 7) is 6.00. The maximum absolute atomic E-state index is 13.3. The maximum Gasteiger partial charge on any atom is 0.231 e. The number of carbonyl (C=O) groups is 2. The van der Waals surface area contributed by atoms with Gasteiger partial charge in [-0.25, -0.2) is 0 Å². The standard InChI is InChI=1S/C21H29N3O3/c1-16-4-2-5-18(22-16)14-23-11-9-21(20(23)26)8-3-10-24(15-21)19(25)17-6-12-27-13-7-17/h2,4-5,17H,3,6-15H2,1H3/t21-/m1/s1. The summed E-state index contributed by atoms with van der Waals surface area (Å²) in [6, 6.07) is 5.94. The first kappa shape index (κ1) is 18.4.